The highest BCUT2D eigenvalue weighted by atomic mass is 32.2. The van der Waals surface area contributed by atoms with Gasteiger partial charge in [-0.15, -0.1) is 0 Å². The molecule has 1 aliphatic rings. The van der Waals surface area contributed by atoms with Crippen LogP contribution in [0, 0.1) is 30.6 Å². The Morgan fingerprint density at radius 1 is 1.04 bits per heavy atom. The van der Waals surface area contributed by atoms with Gasteiger partial charge in [-0.2, -0.15) is 5.26 Å². The lowest BCUT2D eigenvalue weighted by atomic mass is 10.0. The van der Waals surface area contributed by atoms with Crippen molar-refractivity contribution < 1.29 is 13.5 Å². The Labute approximate surface area is 142 Å². The van der Waals surface area contributed by atoms with Crippen LogP contribution in [-0.4, -0.2) is 25.4 Å². The summed E-state index contributed by atoms with van der Waals surface area (Å²) in [4.78, 5) is 0.195. The van der Waals surface area contributed by atoms with Gasteiger partial charge in [-0.3, -0.25) is 0 Å². The molecule has 2 aromatic rings. The first-order chi connectivity index (χ1) is 11.4. The third kappa shape index (κ3) is 2.43. The van der Waals surface area contributed by atoms with E-state index in [0.717, 1.165) is 16.7 Å². The lowest BCUT2D eigenvalue weighted by Gasteiger charge is -2.06. The first-order valence-corrected chi connectivity index (χ1v) is 9.30. The molecule has 0 bridgehead atoms. The van der Waals surface area contributed by atoms with Crippen LogP contribution in [-0.2, 0) is 9.84 Å². The molecule has 0 unspecified atom stereocenters. The standard InChI is InChI=1S/C19H19NO3S/c1-13-3-7-15(8-4-13)17-18(19(17,11-20)12-21)24(22,23)16-9-5-14(2)6-10-16/h3-10,17-18,21H,12H2,1-2H3/t17-,18-,19+/m1/s1. The Morgan fingerprint density at radius 2 is 1.54 bits per heavy atom. The van der Waals surface area contributed by atoms with Gasteiger partial charge in [0, 0.05) is 5.92 Å². The second kappa shape index (κ2) is 5.73. The molecule has 24 heavy (non-hydrogen) atoms. The minimum Gasteiger partial charge on any atom is -0.395 e. The molecule has 0 aromatic heterocycles. The molecule has 2 aromatic carbocycles. The SMILES string of the molecule is Cc1ccc([C@@H]2[C@@H](S(=O)(=O)c3ccc(C)cc3)[C@@]2(C#N)CO)cc1. The molecule has 5 heteroatoms. The number of aryl methyl sites for hydroxylation is 2. The zero-order valence-electron chi connectivity index (χ0n) is 13.6. The maximum Gasteiger partial charge on any atom is 0.183 e. The average Bonchev–Trinajstić information content (AvgIpc) is 3.26. The van der Waals surface area contributed by atoms with Crippen LogP contribution in [0.15, 0.2) is 53.4 Å². The van der Waals surface area contributed by atoms with Gasteiger partial charge in [0.15, 0.2) is 9.84 Å². The van der Waals surface area contributed by atoms with Crippen LogP contribution in [0.3, 0.4) is 0 Å². The van der Waals surface area contributed by atoms with Crippen molar-refractivity contribution in [2.75, 3.05) is 6.61 Å². The van der Waals surface area contributed by atoms with Crippen LogP contribution in [0.1, 0.15) is 22.6 Å². The molecule has 0 spiro atoms. The summed E-state index contributed by atoms with van der Waals surface area (Å²) in [6.45, 7) is 3.36. The van der Waals surface area contributed by atoms with Crippen LogP contribution in [0.2, 0.25) is 0 Å². The number of rotatable bonds is 4. The molecule has 0 radical (unpaired) electrons. The lowest BCUT2D eigenvalue weighted by Crippen LogP contribution is -2.18. The van der Waals surface area contributed by atoms with E-state index in [1.165, 1.54) is 0 Å². The fraction of sp³-hybridized carbons (Fsp3) is 0.316. The number of aliphatic hydroxyl groups excluding tert-OH is 1. The third-order valence-corrected chi connectivity index (χ3v) is 7.14. The molecule has 1 saturated carbocycles. The number of sulfone groups is 1. The first-order valence-electron chi connectivity index (χ1n) is 7.76. The minimum absolute atomic E-state index is 0.195. The first kappa shape index (κ1) is 16.7. The molecule has 0 aliphatic heterocycles. The lowest BCUT2D eigenvalue weighted by molar-refractivity contribution is 0.242. The number of hydrogen-bond acceptors (Lipinski definition) is 4. The van der Waals surface area contributed by atoms with E-state index >= 15 is 0 Å². The molecule has 1 N–H and O–H groups in total. The van der Waals surface area contributed by atoms with E-state index in [2.05, 4.69) is 6.07 Å². The van der Waals surface area contributed by atoms with Gasteiger partial charge in [0.2, 0.25) is 0 Å². The second-order valence-electron chi connectivity index (χ2n) is 6.48. The fourth-order valence-corrected chi connectivity index (χ4v) is 5.65. The predicted octanol–water partition coefficient (Wildman–Crippen LogP) is 2.75. The normalized spacial score (nSPS) is 25.9. The number of nitriles is 1. The van der Waals surface area contributed by atoms with Crippen molar-refractivity contribution in [3.63, 3.8) is 0 Å². The van der Waals surface area contributed by atoms with E-state index in [1.807, 2.05) is 38.1 Å². The minimum atomic E-state index is -3.70. The molecule has 0 heterocycles. The van der Waals surface area contributed by atoms with Gasteiger partial charge in [0.25, 0.3) is 0 Å². The third-order valence-electron chi connectivity index (χ3n) is 4.85. The molecule has 3 atom stereocenters. The monoisotopic (exact) mass is 341 g/mol. The molecule has 124 valence electrons. The molecule has 4 nitrogen and oxygen atoms in total. The summed E-state index contributed by atoms with van der Waals surface area (Å²) in [5, 5.41) is 18.4. The molecule has 0 amide bonds. The summed E-state index contributed by atoms with van der Waals surface area (Å²) < 4.78 is 26.1. The fourth-order valence-electron chi connectivity index (χ4n) is 3.34. The molecular weight excluding hydrogens is 322 g/mol. The topological polar surface area (TPSA) is 78.2 Å². The van der Waals surface area contributed by atoms with Crippen molar-refractivity contribution in [3.8, 4) is 6.07 Å². The molecule has 3 rings (SSSR count). The van der Waals surface area contributed by atoms with Crippen LogP contribution in [0.25, 0.3) is 0 Å². The van der Waals surface area contributed by atoms with E-state index in [1.54, 1.807) is 24.3 Å². The van der Waals surface area contributed by atoms with E-state index < -0.39 is 33.0 Å². The Balaban J connectivity index is 2.06. The van der Waals surface area contributed by atoms with Crippen LogP contribution in [0.5, 0.6) is 0 Å². The Morgan fingerprint density at radius 3 is 2.00 bits per heavy atom. The Bertz CT molecular complexity index is 895. The van der Waals surface area contributed by atoms with Crippen molar-refractivity contribution in [1.82, 2.24) is 0 Å². The van der Waals surface area contributed by atoms with Gasteiger partial charge in [0.1, 0.15) is 5.41 Å². The van der Waals surface area contributed by atoms with Gasteiger partial charge >= 0.3 is 0 Å². The number of aliphatic hydroxyl groups is 1. The highest BCUT2D eigenvalue weighted by molar-refractivity contribution is 7.92. The molecule has 0 saturated heterocycles. The highest BCUT2D eigenvalue weighted by Crippen LogP contribution is 2.63. The largest absolute Gasteiger partial charge is 0.395 e. The zero-order chi connectivity index (χ0) is 17.5. The summed E-state index contributed by atoms with van der Waals surface area (Å²) in [6.07, 6.45) is 0. The summed E-state index contributed by atoms with van der Waals surface area (Å²) in [5.74, 6) is -0.514. The number of nitrogens with zero attached hydrogens (tertiary/aromatic N) is 1. The summed E-state index contributed by atoms with van der Waals surface area (Å²) in [7, 11) is -3.70. The van der Waals surface area contributed by atoms with E-state index in [9.17, 15) is 18.8 Å². The molecular formula is C19H19NO3S. The average molecular weight is 341 g/mol. The van der Waals surface area contributed by atoms with E-state index in [-0.39, 0.29) is 4.90 Å². The maximum absolute atomic E-state index is 13.0. The maximum atomic E-state index is 13.0. The van der Waals surface area contributed by atoms with Gasteiger partial charge in [-0.1, -0.05) is 47.5 Å². The highest BCUT2D eigenvalue weighted by Gasteiger charge is 2.72. The number of hydrogen-bond donors (Lipinski definition) is 1. The van der Waals surface area contributed by atoms with Gasteiger partial charge in [-0.05, 0) is 31.5 Å². The van der Waals surface area contributed by atoms with E-state index in [0.29, 0.717) is 0 Å². The van der Waals surface area contributed by atoms with Gasteiger partial charge in [-0.25, -0.2) is 8.42 Å². The smallest absolute Gasteiger partial charge is 0.183 e. The number of benzene rings is 2. The van der Waals surface area contributed by atoms with Crippen molar-refractivity contribution >= 4 is 9.84 Å². The van der Waals surface area contributed by atoms with Gasteiger partial charge in [0.05, 0.1) is 22.8 Å². The quantitative estimate of drug-likeness (QED) is 0.927. The van der Waals surface area contributed by atoms with Crippen LogP contribution in [0.4, 0.5) is 0 Å². The summed E-state index contributed by atoms with van der Waals surface area (Å²) >= 11 is 0. The van der Waals surface area contributed by atoms with E-state index in [4.69, 9.17) is 0 Å². The van der Waals surface area contributed by atoms with Crippen LogP contribution >= 0.6 is 0 Å². The Hall–Kier alpha value is -2.16. The van der Waals surface area contributed by atoms with Crippen molar-refractivity contribution in [3.05, 3.63) is 65.2 Å². The van der Waals surface area contributed by atoms with Crippen molar-refractivity contribution in [2.24, 2.45) is 5.41 Å². The van der Waals surface area contributed by atoms with Crippen molar-refractivity contribution in [1.29, 1.82) is 5.26 Å². The van der Waals surface area contributed by atoms with Crippen molar-refractivity contribution in [2.45, 2.75) is 29.9 Å². The molecule has 1 fully saturated rings. The zero-order valence-corrected chi connectivity index (χ0v) is 14.4. The van der Waals surface area contributed by atoms with Crippen LogP contribution < -0.4 is 0 Å². The second-order valence-corrected chi connectivity index (χ2v) is 8.55. The Kier molecular flexibility index (Phi) is 3.98. The van der Waals surface area contributed by atoms with Gasteiger partial charge < -0.3 is 5.11 Å². The predicted molar refractivity (Wildman–Crippen MR) is 91.2 cm³/mol. The summed E-state index contributed by atoms with van der Waals surface area (Å²) in [6, 6.07) is 16.1. The summed E-state index contributed by atoms with van der Waals surface area (Å²) in [5.41, 5.74) is 1.52. The molecule has 1 aliphatic carbocycles.